The van der Waals surface area contributed by atoms with Crippen LogP contribution in [0.25, 0.3) is 0 Å². The second-order valence-electron chi connectivity index (χ2n) is 18.8. The SMILES string of the molecule is CC/C=C\C/C=C\C/C=C\C/C=C\CCCCCCCCCCCCCCCCCCCCC(=O)NC(COP(=O)([O-])OCC[N+](C)(C)C)C(O)/C=C/CC/C=C/CCCCCCC. The Morgan fingerprint density at radius 3 is 1.45 bits per heavy atom. The molecule has 0 rings (SSSR count). The van der Waals surface area contributed by atoms with Gasteiger partial charge in [0.15, 0.2) is 0 Å². The van der Waals surface area contributed by atoms with Gasteiger partial charge in [0.1, 0.15) is 13.2 Å². The van der Waals surface area contributed by atoms with Crippen LogP contribution in [-0.2, 0) is 18.4 Å². The quantitative estimate of drug-likeness (QED) is 0.0272. The minimum atomic E-state index is -4.60. The highest BCUT2D eigenvalue weighted by molar-refractivity contribution is 7.45. The number of hydrogen-bond acceptors (Lipinski definition) is 6. The molecule has 0 aromatic heterocycles. The molecule has 3 atom stereocenters. The zero-order valence-corrected chi connectivity index (χ0v) is 43.1. The number of phosphoric ester groups is 1. The van der Waals surface area contributed by atoms with Crippen LogP contribution in [0.1, 0.15) is 219 Å². The molecule has 0 aliphatic heterocycles. The maximum atomic E-state index is 12.9. The molecule has 64 heavy (non-hydrogen) atoms. The summed E-state index contributed by atoms with van der Waals surface area (Å²) in [5.41, 5.74) is 0. The van der Waals surface area contributed by atoms with Crippen LogP contribution in [0.15, 0.2) is 72.9 Å². The van der Waals surface area contributed by atoms with E-state index in [-0.39, 0.29) is 12.5 Å². The number of nitrogens with one attached hydrogen (secondary N) is 1. The Balaban J connectivity index is 4.06. The lowest BCUT2D eigenvalue weighted by atomic mass is 10.0. The lowest BCUT2D eigenvalue weighted by molar-refractivity contribution is -0.870. The van der Waals surface area contributed by atoms with Crippen LogP contribution in [-0.4, -0.2) is 68.5 Å². The fourth-order valence-electron chi connectivity index (χ4n) is 7.28. The molecule has 9 heteroatoms. The zero-order valence-electron chi connectivity index (χ0n) is 42.2. The highest BCUT2D eigenvalue weighted by Gasteiger charge is 2.23. The molecule has 372 valence electrons. The molecule has 0 saturated carbocycles. The van der Waals surface area contributed by atoms with Crippen molar-refractivity contribution < 1.29 is 32.9 Å². The number of amides is 1. The van der Waals surface area contributed by atoms with E-state index in [0.29, 0.717) is 17.4 Å². The molecule has 2 N–H and O–H groups in total. The summed E-state index contributed by atoms with van der Waals surface area (Å²) in [6.45, 7) is 4.48. The summed E-state index contributed by atoms with van der Waals surface area (Å²) in [5, 5.41) is 13.8. The third-order valence-corrected chi connectivity index (χ3v) is 12.4. The Morgan fingerprint density at radius 2 is 0.969 bits per heavy atom. The van der Waals surface area contributed by atoms with E-state index in [9.17, 15) is 19.4 Å². The predicted molar refractivity (Wildman–Crippen MR) is 274 cm³/mol. The number of likely N-dealkylation sites (N-methyl/N-ethyl adjacent to an activating group) is 1. The van der Waals surface area contributed by atoms with E-state index in [1.54, 1.807) is 6.08 Å². The molecule has 0 aliphatic rings. The maximum absolute atomic E-state index is 12.9. The normalized spacial score (nSPS) is 14.7. The number of hydrogen-bond donors (Lipinski definition) is 2. The van der Waals surface area contributed by atoms with E-state index in [2.05, 4.69) is 79.9 Å². The number of carbonyl (C=O) groups excluding carboxylic acids is 1. The molecule has 0 fully saturated rings. The summed E-state index contributed by atoms with van der Waals surface area (Å²) in [6.07, 6.45) is 62.7. The van der Waals surface area contributed by atoms with Gasteiger partial charge in [-0.15, -0.1) is 0 Å². The largest absolute Gasteiger partial charge is 0.756 e. The number of rotatable bonds is 47. The van der Waals surface area contributed by atoms with Crippen LogP contribution in [0.2, 0.25) is 0 Å². The fourth-order valence-corrected chi connectivity index (χ4v) is 8.00. The summed E-state index contributed by atoms with van der Waals surface area (Å²) in [6, 6.07) is -0.903. The summed E-state index contributed by atoms with van der Waals surface area (Å²) in [7, 11) is 1.24. The van der Waals surface area contributed by atoms with Crippen molar-refractivity contribution in [1.29, 1.82) is 0 Å². The second-order valence-corrected chi connectivity index (χ2v) is 20.2. The van der Waals surface area contributed by atoms with Gasteiger partial charge in [0, 0.05) is 6.42 Å². The molecule has 1 amide bonds. The number of aliphatic hydroxyl groups is 1. The van der Waals surface area contributed by atoms with Crippen molar-refractivity contribution in [2.75, 3.05) is 40.9 Å². The minimum absolute atomic E-state index is 0.00781. The Bertz CT molecular complexity index is 1270. The summed E-state index contributed by atoms with van der Waals surface area (Å²) in [5.74, 6) is -0.209. The average molecular weight is 917 g/mol. The van der Waals surface area contributed by atoms with Gasteiger partial charge in [-0.3, -0.25) is 9.36 Å². The fraction of sp³-hybridized carbons (Fsp3) is 0.764. The molecule has 8 nitrogen and oxygen atoms in total. The van der Waals surface area contributed by atoms with Crippen LogP contribution < -0.4 is 10.2 Å². The Morgan fingerprint density at radius 1 is 0.562 bits per heavy atom. The van der Waals surface area contributed by atoms with Gasteiger partial charge in [-0.2, -0.15) is 0 Å². The van der Waals surface area contributed by atoms with E-state index in [1.165, 1.54) is 135 Å². The van der Waals surface area contributed by atoms with Crippen LogP contribution >= 0.6 is 7.82 Å². The molecular weight excluding hydrogens is 816 g/mol. The molecular formula is C55H101N2O6P. The number of nitrogens with zero attached hydrogens (tertiary/aromatic N) is 1. The highest BCUT2D eigenvalue weighted by Crippen LogP contribution is 2.38. The summed E-state index contributed by atoms with van der Waals surface area (Å²) < 4.78 is 23.2. The molecule has 0 aromatic rings. The minimum Gasteiger partial charge on any atom is -0.756 e. The summed E-state index contributed by atoms with van der Waals surface area (Å²) >= 11 is 0. The Kier molecular flexibility index (Phi) is 44.6. The van der Waals surface area contributed by atoms with Gasteiger partial charge in [0.2, 0.25) is 5.91 Å². The molecule has 0 bridgehead atoms. The van der Waals surface area contributed by atoms with Gasteiger partial charge in [-0.25, -0.2) is 0 Å². The predicted octanol–water partition coefficient (Wildman–Crippen LogP) is 14.9. The number of allylic oxidation sites excluding steroid dienone is 11. The number of aliphatic hydroxyl groups excluding tert-OH is 1. The van der Waals surface area contributed by atoms with Gasteiger partial charge in [-0.1, -0.05) is 215 Å². The molecule has 0 aromatic carbocycles. The van der Waals surface area contributed by atoms with Crippen LogP contribution in [0.5, 0.6) is 0 Å². The van der Waals surface area contributed by atoms with Gasteiger partial charge < -0.3 is 28.8 Å². The van der Waals surface area contributed by atoms with Crippen molar-refractivity contribution in [3.8, 4) is 0 Å². The molecule has 0 radical (unpaired) electrons. The van der Waals surface area contributed by atoms with Crippen molar-refractivity contribution >= 4 is 13.7 Å². The molecule has 0 spiro atoms. The van der Waals surface area contributed by atoms with Crippen molar-refractivity contribution in [3.63, 3.8) is 0 Å². The van der Waals surface area contributed by atoms with E-state index >= 15 is 0 Å². The van der Waals surface area contributed by atoms with Gasteiger partial charge in [-0.05, 0) is 70.6 Å². The number of carbonyl (C=O) groups is 1. The third-order valence-electron chi connectivity index (χ3n) is 11.4. The second kappa shape index (κ2) is 46.1. The number of unbranched alkanes of at least 4 members (excludes halogenated alkanes) is 24. The van der Waals surface area contributed by atoms with Crippen molar-refractivity contribution in [2.24, 2.45) is 0 Å². The lowest BCUT2D eigenvalue weighted by Crippen LogP contribution is -2.45. The first-order chi connectivity index (χ1) is 31.0. The smallest absolute Gasteiger partial charge is 0.268 e. The van der Waals surface area contributed by atoms with Gasteiger partial charge in [0.05, 0.1) is 39.9 Å². The monoisotopic (exact) mass is 917 g/mol. The van der Waals surface area contributed by atoms with Crippen molar-refractivity contribution in [1.82, 2.24) is 5.32 Å². The highest BCUT2D eigenvalue weighted by atomic mass is 31.2. The van der Waals surface area contributed by atoms with E-state index in [1.807, 2.05) is 27.2 Å². The molecule has 0 saturated heterocycles. The Labute approximate surface area is 395 Å². The van der Waals surface area contributed by atoms with Crippen LogP contribution in [0.4, 0.5) is 0 Å². The Hall–Kier alpha value is -2.06. The first-order valence-corrected chi connectivity index (χ1v) is 27.8. The molecule has 0 aliphatic carbocycles. The first-order valence-electron chi connectivity index (χ1n) is 26.3. The topological polar surface area (TPSA) is 108 Å². The molecule has 3 unspecified atom stereocenters. The summed E-state index contributed by atoms with van der Waals surface area (Å²) in [4.78, 5) is 25.3. The van der Waals surface area contributed by atoms with E-state index in [0.717, 1.165) is 64.2 Å². The van der Waals surface area contributed by atoms with E-state index in [4.69, 9.17) is 9.05 Å². The zero-order chi connectivity index (χ0) is 47.1. The lowest BCUT2D eigenvalue weighted by Gasteiger charge is -2.29. The van der Waals surface area contributed by atoms with Crippen LogP contribution in [0.3, 0.4) is 0 Å². The standard InChI is InChI=1S/C55H101N2O6P/c1-6-8-10-12-14-16-18-19-20-21-22-23-24-25-26-27-28-29-30-31-32-33-34-35-36-37-39-41-43-45-47-49-55(59)56-53(52-63-64(60,61)62-51-50-57(3,4)5)54(58)48-46-44-42-40-38-17-15-13-11-9-7-2/h8,10,14,16,19-20,22-23,38,40,46,48,53-54,58H,6-7,9,11-13,15,17-18,21,24-37,39,41-45,47,49-52H2,1-5H3,(H-,56,59,60,61)/b10-8-,16-14-,20-19-,23-22-,40-38+,48-46+. The van der Waals surface area contributed by atoms with E-state index < -0.39 is 26.6 Å². The van der Waals surface area contributed by atoms with Gasteiger partial charge >= 0.3 is 0 Å². The van der Waals surface area contributed by atoms with Crippen molar-refractivity contribution in [3.05, 3.63) is 72.9 Å². The van der Waals surface area contributed by atoms with Gasteiger partial charge in [0.25, 0.3) is 7.82 Å². The van der Waals surface area contributed by atoms with Crippen molar-refractivity contribution in [2.45, 2.75) is 231 Å². The van der Waals surface area contributed by atoms with Crippen LogP contribution in [0, 0.1) is 0 Å². The number of quaternary nitrogens is 1. The number of phosphoric acid groups is 1. The average Bonchev–Trinajstić information content (AvgIpc) is 3.25. The maximum Gasteiger partial charge on any atom is 0.268 e. The first kappa shape index (κ1) is 61.9. The third kappa shape index (κ3) is 47.9. The molecule has 0 heterocycles.